The van der Waals surface area contributed by atoms with E-state index in [-0.39, 0.29) is 28.9 Å². The van der Waals surface area contributed by atoms with Gasteiger partial charge >= 0.3 is 5.97 Å². The number of nitriles is 1. The number of hydrogen-bond donors (Lipinski definition) is 1. The predicted molar refractivity (Wildman–Crippen MR) is 101 cm³/mol. The molecule has 0 spiro atoms. The lowest BCUT2D eigenvalue weighted by molar-refractivity contribution is 0.0589. The van der Waals surface area contributed by atoms with E-state index in [4.69, 9.17) is 10.5 Å². The lowest BCUT2D eigenvalue weighted by atomic mass is 10.0. The van der Waals surface area contributed by atoms with Gasteiger partial charge in [0.05, 0.1) is 29.6 Å². The molecule has 2 aromatic rings. The van der Waals surface area contributed by atoms with Gasteiger partial charge in [0.15, 0.2) is 5.69 Å². The van der Waals surface area contributed by atoms with Crippen LogP contribution in [-0.4, -0.2) is 41.0 Å². The van der Waals surface area contributed by atoms with E-state index in [0.29, 0.717) is 17.8 Å². The van der Waals surface area contributed by atoms with Crippen molar-refractivity contribution in [1.82, 2.24) is 9.47 Å². The molecule has 1 atom stereocenters. The molecule has 27 heavy (non-hydrogen) atoms. The van der Waals surface area contributed by atoms with Gasteiger partial charge in [-0.2, -0.15) is 5.26 Å². The summed E-state index contributed by atoms with van der Waals surface area (Å²) < 4.78 is 6.30. The molecule has 0 radical (unpaired) electrons. The molecule has 7 heteroatoms. The second-order valence-electron chi connectivity index (χ2n) is 6.64. The van der Waals surface area contributed by atoms with Crippen LogP contribution in [0.5, 0.6) is 0 Å². The van der Waals surface area contributed by atoms with E-state index in [1.54, 1.807) is 24.3 Å². The van der Waals surface area contributed by atoms with Crippen molar-refractivity contribution >= 4 is 17.6 Å². The van der Waals surface area contributed by atoms with Gasteiger partial charge in [0.1, 0.15) is 6.07 Å². The second kappa shape index (κ2) is 7.54. The Morgan fingerprint density at radius 1 is 1.30 bits per heavy atom. The molecule has 1 saturated heterocycles. The Morgan fingerprint density at radius 2 is 2.04 bits per heavy atom. The van der Waals surface area contributed by atoms with Gasteiger partial charge < -0.3 is 19.9 Å². The third-order valence-electron chi connectivity index (χ3n) is 5.00. The number of para-hydroxylation sites is 1. The number of esters is 1. The number of anilines is 1. The topological polar surface area (TPSA) is 101 Å². The molecule has 0 saturated carbocycles. The summed E-state index contributed by atoms with van der Waals surface area (Å²) in [6, 6.07) is 9.14. The molecule has 140 valence electrons. The molecule has 7 nitrogen and oxygen atoms in total. The van der Waals surface area contributed by atoms with Gasteiger partial charge in [0.25, 0.3) is 5.91 Å². The number of rotatable bonds is 3. The first-order chi connectivity index (χ1) is 13.0. The Bertz CT molecular complexity index is 926. The number of nitrogens with zero attached hydrogens (tertiary/aromatic N) is 3. The second-order valence-corrected chi connectivity index (χ2v) is 6.64. The van der Waals surface area contributed by atoms with E-state index in [1.807, 2.05) is 17.9 Å². The molecule has 1 amide bonds. The zero-order chi connectivity index (χ0) is 19.6. The summed E-state index contributed by atoms with van der Waals surface area (Å²) in [6.45, 7) is 2.75. The highest BCUT2D eigenvalue weighted by Crippen LogP contribution is 2.28. The maximum absolute atomic E-state index is 13.2. The third-order valence-corrected chi connectivity index (χ3v) is 5.00. The van der Waals surface area contributed by atoms with Crippen LogP contribution in [-0.2, 0) is 4.74 Å². The number of methoxy groups -OCH3 is 1. The SMILES string of the molecule is COC(=O)c1c(N)c(C#N)cn1-c1ccccc1C(=O)N1CCCCC1C. The van der Waals surface area contributed by atoms with Crippen molar-refractivity contribution in [3.63, 3.8) is 0 Å². The summed E-state index contributed by atoms with van der Waals surface area (Å²) in [7, 11) is 1.25. The van der Waals surface area contributed by atoms with Gasteiger partial charge in [0, 0.05) is 18.8 Å². The fourth-order valence-corrected chi connectivity index (χ4v) is 3.52. The molecular weight excluding hydrogens is 344 g/mol. The van der Waals surface area contributed by atoms with Crippen LogP contribution in [0.25, 0.3) is 5.69 Å². The van der Waals surface area contributed by atoms with Crippen molar-refractivity contribution in [2.75, 3.05) is 19.4 Å². The van der Waals surface area contributed by atoms with Crippen LogP contribution in [0.3, 0.4) is 0 Å². The summed E-state index contributed by atoms with van der Waals surface area (Å²) in [4.78, 5) is 27.3. The minimum atomic E-state index is -0.664. The van der Waals surface area contributed by atoms with Crippen molar-refractivity contribution < 1.29 is 14.3 Å². The first-order valence-corrected chi connectivity index (χ1v) is 8.89. The number of hydrogen-bond acceptors (Lipinski definition) is 5. The fourth-order valence-electron chi connectivity index (χ4n) is 3.52. The van der Waals surface area contributed by atoms with Gasteiger partial charge in [-0.3, -0.25) is 4.79 Å². The maximum Gasteiger partial charge on any atom is 0.357 e. The van der Waals surface area contributed by atoms with Gasteiger partial charge in [-0.15, -0.1) is 0 Å². The van der Waals surface area contributed by atoms with E-state index in [1.165, 1.54) is 17.9 Å². The fraction of sp³-hybridized carbons (Fsp3) is 0.350. The number of piperidine rings is 1. The van der Waals surface area contributed by atoms with Crippen LogP contribution in [0.2, 0.25) is 0 Å². The first-order valence-electron chi connectivity index (χ1n) is 8.89. The highest BCUT2D eigenvalue weighted by atomic mass is 16.5. The quantitative estimate of drug-likeness (QED) is 0.842. The minimum Gasteiger partial charge on any atom is -0.464 e. The number of benzene rings is 1. The van der Waals surface area contributed by atoms with Gasteiger partial charge in [-0.05, 0) is 38.3 Å². The molecule has 1 aliphatic rings. The van der Waals surface area contributed by atoms with Crippen molar-refractivity contribution in [3.05, 3.63) is 47.3 Å². The molecular formula is C20H22N4O3. The Kier molecular flexibility index (Phi) is 5.17. The molecule has 1 aromatic carbocycles. The van der Waals surface area contributed by atoms with Gasteiger partial charge in [-0.1, -0.05) is 12.1 Å². The average Bonchev–Trinajstić information content (AvgIpc) is 3.03. The highest BCUT2D eigenvalue weighted by Gasteiger charge is 2.28. The minimum absolute atomic E-state index is 0.0398. The first kappa shape index (κ1) is 18.5. The number of amides is 1. The molecule has 3 rings (SSSR count). The van der Waals surface area contributed by atoms with Crippen molar-refractivity contribution in [2.24, 2.45) is 0 Å². The number of carbonyl (C=O) groups excluding carboxylic acids is 2. The Labute approximate surface area is 157 Å². The molecule has 1 fully saturated rings. The summed E-state index contributed by atoms with van der Waals surface area (Å²) in [5.74, 6) is -0.762. The van der Waals surface area contributed by atoms with Gasteiger partial charge in [-0.25, -0.2) is 4.79 Å². The normalized spacial score (nSPS) is 16.6. The van der Waals surface area contributed by atoms with E-state index >= 15 is 0 Å². The largest absolute Gasteiger partial charge is 0.464 e. The number of nitrogen functional groups attached to an aromatic ring is 1. The van der Waals surface area contributed by atoms with Crippen LogP contribution >= 0.6 is 0 Å². The number of carbonyl (C=O) groups is 2. The zero-order valence-corrected chi connectivity index (χ0v) is 15.4. The Hall–Kier alpha value is -3.27. The molecule has 2 N–H and O–H groups in total. The van der Waals surface area contributed by atoms with E-state index in [9.17, 15) is 14.9 Å². The van der Waals surface area contributed by atoms with Crippen molar-refractivity contribution in [3.8, 4) is 11.8 Å². The Balaban J connectivity index is 2.14. The molecule has 1 aromatic heterocycles. The van der Waals surface area contributed by atoms with Gasteiger partial charge in [0.2, 0.25) is 0 Å². The summed E-state index contributed by atoms with van der Waals surface area (Å²) in [5, 5.41) is 9.30. The summed E-state index contributed by atoms with van der Waals surface area (Å²) in [6.07, 6.45) is 4.52. The maximum atomic E-state index is 13.2. The van der Waals surface area contributed by atoms with Crippen molar-refractivity contribution in [2.45, 2.75) is 32.2 Å². The molecule has 0 aliphatic carbocycles. The molecule has 1 aliphatic heterocycles. The molecule has 0 bridgehead atoms. The van der Waals surface area contributed by atoms with Crippen LogP contribution in [0.4, 0.5) is 5.69 Å². The van der Waals surface area contributed by atoms with Crippen LogP contribution < -0.4 is 5.73 Å². The van der Waals surface area contributed by atoms with Crippen LogP contribution in [0, 0.1) is 11.3 Å². The lowest BCUT2D eigenvalue weighted by Crippen LogP contribution is -2.42. The molecule has 2 heterocycles. The predicted octanol–water partition coefficient (Wildman–Crippen LogP) is 2.73. The van der Waals surface area contributed by atoms with Crippen LogP contribution in [0.15, 0.2) is 30.5 Å². The highest BCUT2D eigenvalue weighted by molar-refractivity contribution is 6.00. The average molecular weight is 366 g/mol. The van der Waals surface area contributed by atoms with E-state index < -0.39 is 5.97 Å². The standard InChI is InChI=1S/C20H22N4O3/c1-13-7-5-6-10-23(13)19(25)15-8-3-4-9-16(15)24-12-14(11-21)17(22)18(24)20(26)27-2/h3-4,8-9,12-13H,5-7,10,22H2,1-2H3. The monoisotopic (exact) mass is 366 g/mol. The lowest BCUT2D eigenvalue weighted by Gasteiger charge is -2.34. The number of aromatic nitrogens is 1. The number of ether oxygens (including phenoxy) is 1. The zero-order valence-electron chi connectivity index (χ0n) is 15.4. The number of nitrogens with two attached hydrogens (primary N) is 1. The van der Waals surface area contributed by atoms with E-state index in [2.05, 4.69) is 0 Å². The third kappa shape index (κ3) is 3.26. The van der Waals surface area contributed by atoms with E-state index in [0.717, 1.165) is 19.3 Å². The smallest absolute Gasteiger partial charge is 0.357 e. The number of likely N-dealkylation sites (tertiary alicyclic amines) is 1. The Morgan fingerprint density at radius 3 is 2.70 bits per heavy atom. The summed E-state index contributed by atoms with van der Waals surface area (Å²) >= 11 is 0. The summed E-state index contributed by atoms with van der Waals surface area (Å²) in [5.41, 5.74) is 7.17. The molecule has 1 unspecified atom stereocenters. The van der Waals surface area contributed by atoms with Crippen molar-refractivity contribution in [1.29, 1.82) is 5.26 Å². The van der Waals surface area contributed by atoms with Crippen LogP contribution in [0.1, 0.15) is 52.6 Å².